The smallest absolute Gasteiger partial charge is 0.183 e. The Bertz CT molecular complexity index is 640. The van der Waals surface area contributed by atoms with Crippen LogP contribution >= 0.6 is 0 Å². The van der Waals surface area contributed by atoms with Crippen molar-refractivity contribution in [3.05, 3.63) is 30.6 Å². The van der Waals surface area contributed by atoms with Crippen molar-refractivity contribution in [1.82, 2.24) is 29.7 Å². The van der Waals surface area contributed by atoms with Gasteiger partial charge in [0.05, 0.1) is 0 Å². The molecule has 17 heavy (non-hydrogen) atoms. The van der Waals surface area contributed by atoms with E-state index in [2.05, 4.69) is 25.0 Å². The van der Waals surface area contributed by atoms with Crippen LogP contribution in [0.15, 0.2) is 24.8 Å². The molecule has 3 aromatic rings. The summed E-state index contributed by atoms with van der Waals surface area (Å²) in [5, 5.41) is 4.17. The summed E-state index contributed by atoms with van der Waals surface area (Å²) in [6.45, 7) is 1.99. The Labute approximate surface area is 96.7 Å². The molecule has 7 nitrogen and oxygen atoms in total. The third-order valence-electron chi connectivity index (χ3n) is 2.65. The molecule has 3 rings (SSSR count). The van der Waals surface area contributed by atoms with Crippen LogP contribution in [0.1, 0.15) is 18.8 Å². The summed E-state index contributed by atoms with van der Waals surface area (Å²) in [7, 11) is 0. The minimum absolute atomic E-state index is 0.00130. The Hall–Kier alpha value is -2.44. The fraction of sp³-hybridized carbons (Fsp3) is 0.200. The second kappa shape index (κ2) is 3.55. The van der Waals surface area contributed by atoms with E-state index < -0.39 is 0 Å². The molecule has 0 bridgehead atoms. The minimum atomic E-state index is -0.00130. The van der Waals surface area contributed by atoms with E-state index in [0.717, 1.165) is 5.82 Å². The maximum absolute atomic E-state index is 5.74. The van der Waals surface area contributed by atoms with Gasteiger partial charge in [0.25, 0.3) is 0 Å². The maximum Gasteiger partial charge on any atom is 0.183 e. The van der Waals surface area contributed by atoms with Crippen molar-refractivity contribution in [3.63, 3.8) is 0 Å². The molecule has 0 aliphatic carbocycles. The number of fused-ring (bicyclic) bond motifs is 1. The van der Waals surface area contributed by atoms with Gasteiger partial charge in [-0.05, 0) is 13.0 Å². The number of imidazole rings is 1. The SMILES string of the molecule is CC(c1nc2ncnc(N)c2[nH]1)n1cccn1. The van der Waals surface area contributed by atoms with Crippen LogP contribution in [0.4, 0.5) is 5.82 Å². The summed E-state index contributed by atoms with van der Waals surface area (Å²) in [4.78, 5) is 15.5. The van der Waals surface area contributed by atoms with Gasteiger partial charge in [-0.25, -0.2) is 15.0 Å². The summed E-state index contributed by atoms with van der Waals surface area (Å²) >= 11 is 0. The first kappa shape index (κ1) is 9.76. The van der Waals surface area contributed by atoms with Crippen LogP contribution < -0.4 is 5.73 Å². The summed E-state index contributed by atoms with van der Waals surface area (Å²) in [5.74, 6) is 1.16. The molecule has 1 unspecified atom stereocenters. The van der Waals surface area contributed by atoms with Crippen LogP contribution in [-0.2, 0) is 0 Å². The van der Waals surface area contributed by atoms with Crippen molar-refractivity contribution in [2.24, 2.45) is 0 Å². The number of nitrogen functional groups attached to an aromatic ring is 1. The Morgan fingerprint density at radius 1 is 1.41 bits per heavy atom. The molecule has 86 valence electrons. The maximum atomic E-state index is 5.74. The topological polar surface area (TPSA) is 98.3 Å². The molecule has 0 amide bonds. The lowest BCUT2D eigenvalue weighted by atomic mass is 10.3. The fourth-order valence-electron chi connectivity index (χ4n) is 1.70. The predicted molar refractivity (Wildman–Crippen MR) is 62.1 cm³/mol. The number of nitrogens with one attached hydrogen (secondary N) is 1. The van der Waals surface area contributed by atoms with Gasteiger partial charge in [0.15, 0.2) is 11.5 Å². The third-order valence-corrected chi connectivity index (χ3v) is 2.65. The Kier molecular flexibility index (Phi) is 2.04. The average molecular weight is 229 g/mol. The molecule has 0 saturated carbocycles. The van der Waals surface area contributed by atoms with Crippen molar-refractivity contribution < 1.29 is 0 Å². The van der Waals surface area contributed by atoms with Crippen LogP contribution in [0.3, 0.4) is 0 Å². The quantitative estimate of drug-likeness (QED) is 0.675. The van der Waals surface area contributed by atoms with Crippen molar-refractivity contribution in [2.75, 3.05) is 5.73 Å². The van der Waals surface area contributed by atoms with Crippen LogP contribution in [-0.4, -0.2) is 29.7 Å². The fourth-order valence-corrected chi connectivity index (χ4v) is 1.70. The molecule has 3 heterocycles. The highest BCUT2D eigenvalue weighted by atomic mass is 15.3. The first-order valence-corrected chi connectivity index (χ1v) is 5.21. The second-order valence-corrected chi connectivity index (χ2v) is 3.74. The van der Waals surface area contributed by atoms with Crippen molar-refractivity contribution in [3.8, 4) is 0 Å². The number of aromatic amines is 1. The molecular weight excluding hydrogens is 218 g/mol. The Morgan fingerprint density at radius 3 is 3.00 bits per heavy atom. The summed E-state index contributed by atoms with van der Waals surface area (Å²) in [6, 6.07) is 1.87. The van der Waals surface area contributed by atoms with Crippen LogP contribution in [0.2, 0.25) is 0 Å². The number of anilines is 1. The zero-order chi connectivity index (χ0) is 11.8. The second-order valence-electron chi connectivity index (χ2n) is 3.74. The molecule has 7 heteroatoms. The average Bonchev–Trinajstić information content (AvgIpc) is 2.98. The normalized spacial score (nSPS) is 13.0. The van der Waals surface area contributed by atoms with Gasteiger partial charge in [-0.2, -0.15) is 5.10 Å². The number of hydrogen-bond donors (Lipinski definition) is 2. The van der Waals surface area contributed by atoms with Crippen LogP contribution in [0.5, 0.6) is 0 Å². The van der Waals surface area contributed by atoms with Crippen molar-refractivity contribution >= 4 is 17.0 Å². The Balaban J connectivity index is 2.10. The van der Waals surface area contributed by atoms with Gasteiger partial charge in [-0.3, -0.25) is 4.68 Å². The third kappa shape index (κ3) is 1.52. The lowest BCUT2D eigenvalue weighted by molar-refractivity contribution is 0.542. The van der Waals surface area contributed by atoms with E-state index in [0.29, 0.717) is 17.0 Å². The molecule has 0 aliphatic rings. The Morgan fingerprint density at radius 2 is 2.29 bits per heavy atom. The highest BCUT2D eigenvalue weighted by Gasteiger charge is 2.14. The number of nitrogens with two attached hydrogens (primary N) is 1. The molecule has 0 fully saturated rings. The van der Waals surface area contributed by atoms with Crippen molar-refractivity contribution in [1.29, 1.82) is 0 Å². The van der Waals surface area contributed by atoms with E-state index in [-0.39, 0.29) is 6.04 Å². The lowest BCUT2D eigenvalue weighted by Crippen LogP contribution is -2.08. The van der Waals surface area contributed by atoms with E-state index >= 15 is 0 Å². The molecule has 0 spiro atoms. The molecule has 3 aromatic heterocycles. The number of aromatic nitrogens is 6. The largest absolute Gasteiger partial charge is 0.382 e. The van der Waals surface area contributed by atoms with Gasteiger partial charge < -0.3 is 10.7 Å². The summed E-state index contributed by atoms with van der Waals surface area (Å²) < 4.78 is 1.81. The van der Waals surface area contributed by atoms with E-state index in [1.54, 1.807) is 10.9 Å². The zero-order valence-corrected chi connectivity index (χ0v) is 9.20. The molecule has 1 atom stereocenters. The molecular formula is C10H11N7. The first-order chi connectivity index (χ1) is 8.25. The number of rotatable bonds is 2. The monoisotopic (exact) mass is 229 g/mol. The highest BCUT2D eigenvalue weighted by molar-refractivity contribution is 5.81. The molecule has 0 saturated heterocycles. The number of hydrogen-bond acceptors (Lipinski definition) is 5. The minimum Gasteiger partial charge on any atom is -0.382 e. The lowest BCUT2D eigenvalue weighted by Gasteiger charge is -2.07. The van der Waals surface area contributed by atoms with Gasteiger partial charge >= 0.3 is 0 Å². The number of nitrogens with zero attached hydrogens (tertiary/aromatic N) is 5. The van der Waals surface area contributed by atoms with E-state index in [1.807, 2.05) is 19.2 Å². The zero-order valence-electron chi connectivity index (χ0n) is 9.20. The van der Waals surface area contributed by atoms with Gasteiger partial charge in [-0.1, -0.05) is 0 Å². The predicted octanol–water partition coefficient (Wildman–Crippen LogP) is 0.741. The summed E-state index contributed by atoms with van der Waals surface area (Å²) in [6.07, 6.45) is 5.01. The summed E-state index contributed by atoms with van der Waals surface area (Å²) in [5.41, 5.74) is 6.99. The van der Waals surface area contributed by atoms with Gasteiger partial charge in [0, 0.05) is 12.4 Å². The standard InChI is InChI=1S/C10H11N7/c1-6(17-4-2-3-14-17)9-15-7-8(11)12-5-13-10(7)16-9/h2-6H,1H3,(H3,11,12,13,15,16). The molecule has 3 N–H and O–H groups in total. The number of H-pyrrole nitrogens is 1. The molecule has 0 radical (unpaired) electrons. The van der Waals surface area contributed by atoms with Crippen LogP contribution in [0, 0.1) is 0 Å². The molecule has 0 aliphatic heterocycles. The van der Waals surface area contributed by atoms with Crippen molar-refractivity contribution in [2.45, 2.75) is 13.0 Å². The van der Waals surface area contributed by atoms with Crippen LogP contribution in [0.25, 0.3) is 11.2 Å². The van der Waals surface area contributed by atoms with Gasteiger partial charge in [0.2, 0.25) is 0 Å². The molecule has 0 aromatic carbocycles. The van der Waals surface area contributed by atoms with E-state index in [1.165, 1.54) is 6.33 Å². The first-order valence-electron chi connectivity index (χ1n) is 5.21. The highest BCUT2D eigenvalue weighted by Crippen LogP contribution is 2.19. The van der Waals surface area contributed by atoms with Gasteiger partial charge in [0.1, 0.15) is 23.7 Å². The van der Waals surface area contributed by atoms with E-state index in [9.17, 15) is 0 Å². The van der Waals surface area contributed by atoms with E-state index in [4.69, 9.17) is 5.73 Å². The van der Waals surface area contributed by atoms with Gasteiger partial charge in [-0.15, -0.1) is 0 Å².